The van der Waals surface area contributed by atoms with Gasteiger partial charge in [-0.15, -0.1) is 0 Å². The second kappa shape index (κ2) is 6.05. The van der Waals surface area contributed by atoms with Crippen molar-refractivity contribution in [2.24, 2.45) is 0 Å². The number of hydrogen-bond donors (Lipinski definition) is 1. The lowest BCUT2D eigenvalue weighted by Crippen LogP contribution is -2.01. The Bertz CT molecular complexity index is 715. The highest BCUT2D eigenvalue weighted by molar-refractivity contribution is 6.30. The zero-order valence-corrected chi connectivity index (χ0v) is 11.1. The van der Waals surface area contributed by atoms with E-state index in [2.05, 4.69) is 0 Å². The number of carbonyl (C=O) groups excluding carboxylic acids is 1. The van der Waals surface area contributed by atoms with Crippen molar-refractivity contribution in [3.8, 4) is 11.8 Å². The van der Waals surface area contributed by atoms with Crippen molar-refractivity contribution < 1.29 is 9.90 Å². The molecule has 2 rings (SSSR count). The summed E-state index contributed by atoms with van der Waals surface area (Å²) >= 11 is 5.83. The normalized spacial score (nSPS) is 10.9. The third-order valence-corrected chi connectivity index (χ3v) is 2.93. The van der Waals surface area contributed by atoms with Gasteiger partial charge in [-0.3, -0.25) is 4.79 Å². The van der Waals surface area contributed by atoms with Gasteiger partial charge in [0.2, 0.25) is 5.78 Å². The number of phenolic OH excluding ortho intramolecular Hbond substituents is 1. The van der Waals surface area contributed by atoms with Gasteiger partial charge in [0.1, 0.15) is 17.4 Å². The van der Waals surface area contributed by atoms with E-state index >= 15 is 0 Å². The zero-order chi connectivity index (χ0) is 14.5. The molecule has 3 nitrogen and oxygen atoms in total. The molecule has 0 aromatic heterocycles. The highest BCUT2D eigenvalue weighted by atomic mass is 35.5. The summed E-state index contributed by atoms with van der Waals surface area (Å²) in [5, 5.41) is 19.2. The fourth-order valence-electron chi connectivity index (χ4n) is 1.69. The second-order valence-corrected chi connectivity index (χ2v) is 4.50. The third kappa shape index (κ3) is 3.05. The number of Topliss-reactive ketones (excluding diaryl/α,β-unsaturated/α-hetero) is 1. The number of ketones is 1. The van der Waals surface area contributed by atoms with Gasteiger partial charge in [0.25, 0.3) is 0 Å². The molecule has 0 aliphatic rings. The molecule has 0 aliphatic carbocycles. The molecule has 0 saturated carbocycles. The van der Waals surface area contributed by atoms with Gasteiger partial charge in [-0.2, -0.15) is 5.26 Å². The lowest BCUT2D eigenvalue weighted by molar-refractivity contribution is 0.104. The minimum Gasteiger partial charge on any atom is -0.507 e. The van der Waals surface area contributed by atoms with Crippen LogP contribution in [0.4, 0.5) is 0 Å². The number of allylic oxidation sites excluding steroid dienone is 1. The molecule has 2 aromatic carbocycles. The maximum absolute atomic E-state index is 12.2. The first kappa shape index (κ1) is 13.9. The number of benzene rings is 2. The Morgan fingerprint density at radius 2 is 1.90 bits per heavy atom. The second-order valence-electron chi connectivity index (χ2n) is 4.07. The van der Waals surface area contributed by atoms with Crippen LogP contribution in [-0.4, -0.2) is 10.9 Å². The van der Waals surface area contributed by atoms with E-state index in [9.17, 15) is 9.90 Å². The van der Waals surface area contributed by atoms with E-state index in [-0.39, 0.29) is 11.3 Å². The van der Waals surface area contributed by atoms with E-state index < -0.39 is 5.78 Å². The first-order valence-electron chi connectivity index (χ1n) is 5.82. The number of nitrogens with zero attached hydrogens (tertiary/aromatic N) is 1. The molecule has 0 bridgehead atoms. The Balaban J connectivity index is 2.43. The van der Waals surface area contributed by atoms with E-state index in [1.54, 1.807) is 30.3 Å². The van der Waals surface area contributed by atoms with Crippen molar-refractivity contribution in [1.29, 1.82) is 5.26 Å². The summed E-state index contributed by atoms with van der Waals surface area (Å²) in [5.41, 5.74) is 0.689. The molecule has 0 spiro atoms. The minimum atomic E-state index is -0.396. The average Bonchev–Trinajstić information content (AvgIpc) is 2.48. The van der Waals surface area contributed by atoms with Crippen LogP contribution in [-0.2, 0) is 0 Å². The summed E-state index contributed by atoms with van der Waals surface area (Å²) in [7, 11) is 0. The molecule has 0 radical (unpaired) electrons. The molecule has 4 heteroatoms. The maximum Gasteiger partial charge on any atom is 0.203 e. The number of rotatable bonds is 3. The number of hydrogen-bond acceptors (Lipinski definition) is 3. The molecule has 98 valence electrons. The van der Waals surface area contributed by atoms with Crippen LogP contribution >= 0.6 is 11.6 Å². The summed E-state index contributed by atoms with van der Waals surface area (Å²) < 4.78 is 0. The Hall–Kier alpha value is -2.57. The summed E-state index contributed by atoms with van der Waals surface area (Å²) in [6, 6.07) is 14.8. The summed E-state index contributed by atoms with van der Waals surface area (Å²) in [6.07, 6.45) is 1.33. The third-order valence-electron chi connectivity index (χ3n) is 2.69. The summed E-state index contributed by atoms with van der Waals surface area (Å²) in [4.78, 5) is 12.2. The SMILES string of the molecule is N#C/C(=C\c1cc(Cl)ccc1O)C(=O)c1ccccc1. The lowest BCUT2D eigenvalue weighted by Gasteiger charge is -2.02. The van der Waals surface area contributed by atoms with Gasteiger partial charge in [-0.05, 0) is 24.3 Å². The largest absolute Gasteiger partial charge is 0.507 e. The molecular weight excluding hydrogens is 274 g/mol. The monoisotopic (exact) mass is 283 g/mol. The van der Waals surface area contributed by atoms with Gasteiger partial charge < -0.3 is 5.11 Å². The molecule has 2 aromatic rings. The molecule has 1 N–H and O–H groups in total. The number of carbonyl (C=O) groups is 1. The fraction of sp³-hybridized carbons (Fsp3) is 0. The quantitative estimate of drug-likeness (QED) is 0.529. The van der Waals surface area contributed by atoms with Crippen molar-refractivity contribution in [2.45, 2.75) is 0 Å². The molecule has 20 heavy (non-hydrogen) atoms. The Labute approximate surface area is 121 Å². The van der Waals surface area contributed by atoms with Crippen LogP contribution in [0, 0.1) is 11.3 Å². The van der Waals surface area contributed by atoms with E-state index in [1.165, 1.54) is 24.3 Å². The van der Waals surface area contributed by atoms with Gasteiger partial charge in [-0.1, -0.05) is 41.9 Å². The smallest absolute Gasteiger partial charge is 0.203 e. The predicted molar refractivity (Wildman–Crippen MR) is 77.5 cm³/mol. The molecule has 0 atom stereocenters. The van der Waals surface area contributed by atoms with Crippen LogP contribution in [0.15, 0.2) is 54.1 Å². The minimum absolute atomic E-state index is 0.0389. The van der Waals surface area contributed by atoms with Crippen molar-refractivity contribution >= 4 is 23.5 Å². The number of nitriles is 1. The fourth-order valence-corrected chi connectivity index (χ4v) is 1.87. The van der Waals surface area contributed by atoms with Crippen LogP contribution in [0.3, 0.4) is 0 Å². The van der Waals surface area contributed by atoms with E-state index in [4.69, 9.17) is 16.9 Å². The van der Waals surface area contributed by atoms with Crippen molar-refractivity contribution in [3.05, 3.63) is 70.3 Å². The molecule has 0 aliphatic heterocycles. The zero-order valence-electron chi connectivity index (χ0n) is 10.4. The van der Waals surface area contributed by atoms with Crippen LogP contribution in [0.2, 0.25) is 5.02 Å². The molecule has 0 fully saturated rings. The standard InChI is InChI=1S/C16H10ClNO2/c17-14-6-7-15(19)12(9-14)8-13(10-18)16(20)11-4-2-1-3-5-11/h1-9,19H/b13-8+. The molecule has 0 unspecified atom stereocenters. The lowest BCUT2D eigenvalue weighted by atomic mass is 10.0. The highest BCUT2D eigenvalue weighted by Crippen LogP contribution is 2.24. The number of halogens is 1. The first-order valence-corrected chi connectivity index (χ1v) is 6.19. The van der Waals surface area contributed by atoms with Crippen LogP contribution < -0.4 is 0 Å². The number of aromatic hydroxyl groups is 1. The van der Waals surface area contributed by atoms with Gasteiger partial charge in [0.15, 0.2) is 0 Å². The van der Waals surface area contributed by atoms with Crippen molar-refractivity contribution in [3.63, 3.8) is 0 Å². The molecule has 0 saturated heterocycles. The Kier molecular flexibility index (Phi) is 4.19. The number of phenols is 1. The summed E-state index contributed by atoms with van der Waals surface area (Å²) in [6.45, 7) is 0. The Morgan fingerprint density at radius 1 is 1.20 bits per heavy atom. The molecular formula is C16H10ClNO2. The highest BCUT2D eigenvalue weighted by Gasteiger charge is 2.12. The molecule has 0 amide bonds. The average molecular weight is 284 g/mol. The first-order chi connectivity index (χ1) is 9.61. The van der Waals surface area contributed by atoms with E-state index in [0.717, 1.165) is 0 Å². The van der Waals surface area contributed by atoms with E-state index in [0.29, 0.717) is 16.1 Å². The van der Waals surface area contributed by atoms with E-state index in [1.807, 2.05) is 6.07 Å². The van der Waals surface area contributed by atoms with Crippen LogP contribution in [0.5, 0.6) is 5.75 Å². The van der Waals surface area contributed by atoms with Crippen LogP contribution in [0.1, 0.15) is 15.9 Å². The maximum atomic E-state index is 12.2. The van der Waals surface area contributed by atoms with Gasteiger partial charge in [0, 0.05) is 16.1 Å². The van der Waals surface area contributed by atoms with Gasteiger partial charge in [-0.25, -0.2) is 0 Å². The Morgan fingerprint density at radius 3 is 2.55 bits per heavy atom. The summed E-state index contributed by atoms with van der Waals surface area (Å²) in [5.74, 6) is -0.435. The van der Waals surface area contributed by atoms with Gasteiger partial charge in [0.05, 0.1) is 0 Å². The predicted octanol–water partition coefficient (Wildman–Crippen LogP) is 3.84. The molecule has 0 heterocycles. The van der Waals surface area contributed by atoms with Crippen LogP contribution in [0.25, 0.3) is 6.08 Å². The van der Waals surface area contributed by atoms with Crippen molar-refractivity contribution in [2.75, 3.05) is 0 Å². The topological polar surface area (TPSA) is 61.1 Å². The van der Waals surface area contributed by atoms with Gasteiger partial charge >= 0.3 is 0 Å². The van der Waals surface area contributed by atoms with Crippen molar-refractivity contribution in [1.82, 2.24) is 0 Å².